The van der Waals surface area contributed by atoms with Crippen molar-refractivity contribution in [3.8, 4) is 11.5 Å². The van der Waals surface area contributed by atoms with Gasteiger partial charge in [0.25, 0.3) is 5.91 Å². The Kier molecular flexibility index (Phi) is 6.96. The smallest absolute Gasteiger partial charge is 0.260 e. The maximum atomic E-state index is 12.6. The predicted molar refractivity (Wildman–Crippen MR) is 129 cm³/mol. The van der Waals surface area contributed by atoms with E-state index in [1.807, 2.05) is 65.0 Å². The number of amides is 1. The van der Waals surface area contributed by atoms with Gasteiger partial charge in [0.05, 0.1) is 26.0 Å². The van der Waals surface area contributed by atoms with Gasteiger partial charge in [-0.05, 0) is 36.8 Å². The average molecular weight is 478 g/mol. The number of rotatable bonds is 7. The summed E-state index contributed by atoms with van der Waals surface area (Å²) in [7, 11) is 1.66. The van der Waals surface area contributed by atoms with E-state index in [-0.39, 0.29) is 18.6 Å². The van der Waals surface area contributed by atoms with E-state index in [2.05, 4.69) is 15.2 Å². The highest BCUT2D eigenvalue weighted by atomic mass is 16.5. The molecule has 0 N–H and O–H groups in total. The number of methoxy groups -OCH3 is 1. The number of benzene rings is 2. The molecule has 2 aliphatic rings. The van der Waals surface area contributed by atoms with E-state index in [1.54, 1.807) is 7.11 Å². The monoisotopic (exact) mass is 477 g/mol. The molecule has 1 fully saturated rings. The van der Waals surface area contributed by atoms with Crippen molar-refractivity contribution in [1.29, 1.82) is 0 Å². The summed E-state index contributed by atoms with van der Waals surface area (Å²) in [6.07, 6.45) is -0.0559. The van der Waals surface area contributed by atoms with Crippen LogP contribution in [0.25, 0.3) is 0 Å². The van der Waals surface area contributed by atoms with Crippen LogP contribution in [0.4, 0.5) is 0 Å². The molecule has 3 aromatic rings. The molecule has 0 bridgehead atoms. The van der Waals surface area contributed by atoms with Crippen LogP contribution in [0.3, 0.4) is 0 Å². The Morgan fingerprint density at radius 2 is 1.74 bits per heavy atom. The van der Waals surface area contributed by atoms with E-state index in [4.69, 9.17) is 14.2 Å². The number of carbonyl (C=O) groups excluding carboxylic acids is 1. The lowest BCUT2D eigenvalue weighted by Crippen LogP contribution is -2.49. The largest absolute Gasteiger partial charge is 0.497 e. The molecule has 1 amide bonds. The summed E-state index contributed by atoms with van der Waals surface area (Å²) < 4.78 is 19.0. The number of piperazine rings is 1. The second-order valence-corrected chi connectivity index (χ2v) is 9.00. The second kappa shape index (κ2) is 10.5. The molecule has 1 saturated heterocycles. The number of carbonyl (C=O) groups is 1. The quantitative estimate of drug-likeness (QED) is 0.517. The van der Waals surface area contributed by atoms with Crippen LogP contribution in [0.1, 0.15) is 28.6 Å². The van der Waals surface area contributed by atoms with Crippen molar-refractivity contribution in [1.82, 2.24) is 24.8 Å². The molecule has 35 heavy (non-hydrogen) atoms. The van der Waals surface area contributed by atoms with Gasteiger partial charge in [-0.3, -0.25) is 9.69 Å². The van der Waals surface area contributed by atoms with Crippen LogP contribution in [-0.2, 0) is 29.2 Å². The van der Waals surface area contributed by atoms with Crippen molar-refractivity contribution in [3.63, 3.8) is 0 Å². The highest BCUT2D eigenvalue weighted by molar-refractivity contribution is 5.77. The molecule has 0 saturated carbocycles. The van der Waals surface area contributed by atoms with Gasteiger partial charge in [-0.1, -0.05) is 35.0 Å². The molecule has 0 spiro atoms. The first-order chi connectivity index (χ1) is 17.1. The minimum absolute atomic E-state index is 0.0178. The third kappa shape index (κ3) is 5.47. The lowest BCUT2D eigenvalue weighted by Gasteiger charge is -2.34. The minimum atomic E-state index is -0.0559. The van der Waals surface area contributed by atoms with Crippen molar-refractivity contribution in [2.45, 2.75) is 32.7 Å². The van der Waals surface area contributed by atoms with Gasteiger partial charge >= 0.3 is 0 Å². The molecule has 2 aromatic carbocycles. The maximum Gasteiger partial charge on any atom is 0.260 e. The topological polar surface area (TPSA) is 82.0 Å². The van der Waals surface area contributed by atoms with E-state index in [9.17, 15) is 4.79 Å². The van der Waals surface area contributed by atoms with E-state index >= 15 is 0 Å². The average Bonchev–Trinajstić information content (AvgIpc) is 3.30. The summed E-state index contributed by atoms with van der Waals surface area (Å²) in [5.41, 5.74) is 4.23. The molecule has 9 heteroatoms. The summed E-state index contributed by atoms with van der Waals surface area (Å²) >= 11 is 0. The van der Waals surface area contributed by atoms with E-state index < -0.39 is 0 Å². The van der Waals surface area contributed by atoms with Crippen LogP contribution < -0.4 is 9.47 Å². The first-order valence-corrected chi connectivity index (χ1v) is 12.0. The van der Waals surface area contributed by atoms with E-state index in [0.29, 0.717) is 32.8 Å². The van der Waals surface area contributed by atoms with E-state index in [1.165, 1.54) is 0 Å². The number of ether oxygens (including phenoxy) is 3. The molecule has 2 aliphatic heterocycles. The summed E-state index contributed by atoms with van der Waals surface area (Å²) in [5.74, 6) is 1.56. The fourth-order valence-corrected chi connectivity index (χ4v) is 4.44. The minimum Gasteiger partial charge on any atom is -0.497 e. The van der Waals surface area contributed by atoms with Crippen LogP contribution in [0.2, 0.25) is 0 Å². The van der Waals surface area contributed by atoms with Crippen LogP contribution in [0.5, 0.6) is 11.5 Å². The number of aromatic nitrogens is 3. The Morgan fingerprint density at radius 3 is 2.46 bits per heavy atom. The zero-order valence-electron chi connectivity index (χ0n) is 20.2. The molecule has 184 valence electrons. The van der Waals surface area contributed by atoms with Crippen LogP contribution in [0.15, 0.2) is 48.5 Å². The van der Waals surface area contributed by atoms with Gasteiger partial charge in [0, 0.05) is 32.7 Å². The van der Waals surface area contributed by atoms with Crippen molar-refractivity contribution >= 4 is 5.91 Å². The van der Waals surface area contributed by atoms with Gasteiger partial charge in [0.1, 0.15) is 23.3 Å². The molecular formula is C26H31N5O4. The summed E-state index contributed by atoms with van der Waals surface area (Å²) in [6.45, 7) is 6.84. The zero-order chi connectivity index (χ0) is 24.2. The molecule has 0 aliphatic carbocycles. The fraction of sp³-hybridized carbons (Fsp3) is 0.423. The highest BCUT2D eigenvalue weighted by Crippen LogP contribution is 2.28. The first-order valence-electron chi connectivity index (χ1n) is 12.0. The Hall–Kier alpha value is -3.43. The number of hydrogen-bond acceptors (Lipinski definition) is 7. The zero-order valence-corrected chi connectivity index (χ0v) is 20.2. The van der Waals surface area contributed by atoms with Crippen LogP contribution in [-0.4, -0.2) is 70.6 Å². The molecule has 3 heterocycles. The third-order valence-electron chi connectivity index (χ3n) is 6.65. The van der Waals surface area contributed by atoms with Gasteiger partial charge in [-0.2, -0.15) is 0 Å². The van der Waals surface area contributed by atoms with Crippen LogP contribution >= 0.6 is 0 Å². The molecule has 1 aromatic heterocycles. The number of hydrogen-bond donors (Lipinski definition) is 0. The fourth-order valence-electron chi connectivity index (χ4n) is 4.44. The second-order valence-electron chi connectivity index (χ2n) is 9.00. The molecule has 0 radical (unpaired) electrons. The lowest BCUT2D eigenvalue weighted by molar-refractivity contribution is -0.135. The first kappa shape index (κ1) is 23.3. The summed E-state index contributed by atoms with van der Waals surface area (Å²) in [5, 5.41) is 8.83. The Morgan fingerprint density at radius 1 is 1.03 bits per heavy atom. The van der Waals surface area contributed by atoms with Crippen molar-refractivity contribution in [2.24, 2.45) is 0 Å². The Labute approximate surface area is 205 Å². The Balaban J connectivity index is 1.10. The van der Waals surface area contributed by atoms with Gasteiger partial charge in [0.2, 0.25) is 0 Å². The number of aryl methyl sites for hydroxylation is 1. The van der Waals surface area contributed by atoms with Gasteiger partial charge in [-0.15, -0.1) is 5.10 Å². The lowest BCUT2D eigenvalue weighted by atomic mass is 10.1. The third-order valence-corrected chi connectivity index (χ3v) is 6.65. The van der Waals surface area contributed by atoms with Gasteiger partial charge in [-0.25, -0.2) is 4.68 Å². The standard InChI is InChI=1S/C26H31N5O4/c1-19-3-7-22(8-4-19)34-18-26(32)30-13-11-29(12-14-30)15-23-24-17-35-25(16-31(24)28-27-23)20-5-9-21(33-2)10-6-20/h3-10,25H,11-18H2,1-2H3/t25-/m0/s1. The van der Waals surface area contributed by atoms with Gasteiger partial charge < -0.3 is 19.1 Å². The SMILES string of the molecule is COc1ccc([C@@H]2Cn3nnc(CN4CCN(C(=O)COc5ccc(C)cc5)CC4)c3CO2)cc1. The Bertz CT molecular complexity index is 1140. The number of nitrogens with zero attached hydrogens (tertiary/aromatic N) is 5. The molecule has 0 unspecified atom stereocenters. The maximum absolute atomic E-state index is 12.6. The number of fused-ring (bicyclic) bond motifs is 1. The predicted octanol–water partition coefficient (Wildman–Crippen LogP) is 2.59. The molecular weight excluding hydrogens is 446 g/mol. The van der Waals surface area contributed by atoms with Crippen LogP contribution in [0, 0.1) is 6.92 Å². The van der Waals surface area contributed by atoms with Crippen molar-refractivity contribution < 1.29 is 19.0 Å². The normalized spacial score (nSPS) is 18.2. The summed E-state index contributed by atoms with van der Waals surface area (Å²) in [6, 6.07) is 15.7. The highest BCUT2D eigenvalue weighted by Gasteiger charge is 2.27. The molecule has 9 nitrogen and oxygen atoms in total. The molecule has 5 rings (SSSR count). The van der Waals surface area contributed by atoms with Crippen molar-refractivity contribution in [3.05, 3.63) is 71.0 Å². The van der Waals surface area contributed by atoms with Crippen molar-refractivity contribution in [2.75, 3.05) is 39.9 Å². The van der Waals surface area contributed by atoms with E-state index in [0.717, 1.165) is 47.1 Å². The molecule has 1 atom stereocenters. The van der Waals surface area contributed by atoms with Gasteiger partial charge in [0.15, 0.2) is 6.61 Å². The summed E-state index contributed by atoms with van der Waals surface area (Å²) in [4.78, 5) is 16.8.